The highest BCUT2D eigenvalue weighted by Crippen LogP contribution is 2.40. The van der Waals surface area contributed by atoms with Gasteiger partial charge in [0.15, 0.2) is 11.5 Å². The first-order chi connectivity index (χ1) is 9.93. The second-order valence-corrected chi connectivity index (χ2v) is 5.35. The van der Waals surface area contributed by atoms with E-state index in [2.05, 4.69) is 5.32 Å². The van der Waals surface area contributed by atoms with Gasteiger partial charge >= 0.3 is 0 Å². The van der Waals surface area contributed by atoms with Crippen LogP contribution in [0.25, 0.3) is 0 Å². The van der Waals surface area contributed by atoms with E-state index in [0.717, 1.165) is 17.8 Å². The highest BCUT2D eigenvalue weighted by atomic mass is 19.1. The maximum atomic E-state index is 13.5. The molecule has 0 bridgehead atoms. The van der Waals surface area contributed by atoms with Crippen LogP contribution >= 0.6 is 0 Å². The Bertz CT molecular complexity index is 686. The summed E-state index contributed by atoms with van der Waals surface area (Å²) in [6.45, 7) is 3.83. The molecule has 0 radical (unpaired) electrons. The fraction of sp³-hybridized carbons (Fsp3) is 0.250. The van der Waals surface area contributed by atoms with Gasteiger partial charge in [-0.3, -0.25) is 0 Å². The molecule has 2 aromatic rings. The molecule has 1 aliphatic heterocycles. The summed E-state index contributed by atoms with van der Waals surface area (Å²) >= 11 is 0. The largest absolute Gasteiger partial charge is 0.449 e. The van der Waals surface area contributed by atoms with Gasteiger partial charge in [-0.2, -0.15) is 0 Å². The molecule has 0 saturated carbocycles. The number of fused-ring (bicyclic) bond motifs is 1. The number of benzene rings is 2. The van der Waals surface area contributed by atoms with Crippen LogP contribution in [0.3, 0.4) is 0 Å². The van der Waals surface area contributed by atoms with Crippen LogP contribution in [0.5, 0.6) is 11.5 Å². The summed E-state index contributed by atoms with van der Waals surface area (Å²) in [6.07, 6.45) is 0. The van der Waals surface area contributed by atoms with Gasteiger partial charge in [-0.15, -0.1) is 0 Å². The summed E-state index contributed by atoms with van der Waals surface area (Å²) in [4.78, 5) is 0. The number of hydrogen-bond acceptors (Lipinski definition) is 3. The topological polar surface area (TPSA) is 30.5 Å². The average molecular weight is 291 g/mol. The molecule has 0 aliphatic carbocycles. The van der Waals surface area contributed by atoms with E-state index in [0.29, 0.717) is 11.5 Å². The lowest BCUT2D eigenvalue weighted by molar-refractivity contribution is -0.0431. The van der Waals surface area contributed by atoms with Crippen LogP contribution in [-0.2, 0) is 6.54 Å². The maximum absolute atomic E-state index is 13.5. The van der Waals surface area contributed by atoms with Gasteiger partial charge in [-0.05, 0) is 30.3 Å². The van der Waals surface area contributed by atoms with Gasteiger partial charge in [0.05, 0.1) is 0 Å². The molecule has 0 amide bonds. The van der Waals surface area contributed by atoms with Gasteiger partial charge < -0.3 is 14.8 Å². The zero-order valence-corrected chi connectivity index (χ0v) is 11.7. The molecular weight excluding hydrogens is 276 g/mol. The number of hydrogen-bond donors (Lipinski definition) is 1. The molecule has 2 aromatic carbocycles. The molecule has 0 aromatic heterocycles. The van der Waals surface area contributed by atoms with E-state index in [1.165, 1.54) is 6.07 Å². The summed E-state index contributed by atoms with van der Waals surface area (Å²) < 4.78 is 37.9. The third-order valence-electron chi connectivity index (χ3n) is 3.15. The highest BCUT2D eigenvalue weighted by molar-refractivity contribution is 5.56. The Labute approximate surface area is 121 Å². The molecule has 21 heavy (non-hydrogen) atoms. The first-order valence-corrected chi connectivity index (χ1v) is 6.63. The third-order valence-corrected chi connectivity index (χ3v) is 3.15. The molecule has 0 fully saturated rings. The molecule has 5 heteroatoms. The number of anilines is 1. The Morgan fingerprint density at radius 3 is 2.57 bits per heavy atom. The van der Waals surface area contributed by atoms with Crippen LogP contribution in [0.15, 0.2) is 36.4 Å². The quantitative estimate of drug-likeness (QED) is 0.924. The lowest BCUT2D eigenvalue weighted by atomic mass is 10.2. The number of halogens is 2. The number of ether oxygens (including phenoxy) is 2. The van der Waals surface area contributed by atoms with E-state index in [4.69, 9.17) is 9.47 Å². The predicted molar refractivity (Wildman–Crippen MR) is 75.5 cm³/mol. The van der Waals surface area contributed by atoms with Crippen LogP contribution < -0.4 is 14.8 Å². The molecule has 0 atom stereocenters. The van der Waals surface area contributed by atoms with Gasteiger partial charge in [0.2, 0.25) is 5.79 Å². The number of rotatable bonds is 3. The summed E-state index contributed by atoms with van der Waals surface area (Å²) in [7, 11) is 0. The van der Waals surface area contributed by atoms with Crippen molar-refractivity contribution in [2.24, 2.45) is 0 Å². The van der Waals surface area contributed by atoms with Crippen molar-refractivity contribution < 1.29 is 18.3 Å². The van der Waals surface area contributed by atoms with Crippen LogP contribution in [-0.4, -0.2) is 5.79 Å². The van der Waals surface area contributed by atoms with Gasteiger partial charge in [-0.1, -0.05) is 0 Å². The molecule has 110 valence electrons. The van der Waals surface area contributed by atoms with E-state index in [9.17, 15) is 8.78 Å². The Morgan fingerprint density at radius 1 is 1.00 bits per heavy atom. The monoisotopic (exact) mass is 291 g/mol. The van der Waals surface area contributed by atoms with Crippen LogP contribution in [0.1, 0.15) is 19.4 Å². The molecule has 1 heterocycles. The van der Waals surface area contributed by atoms with E-state index in [1.54, 1.807) is 18.2 Å². The summed E-state index contributed by atoms with van der Waals surface area (Å²) in [5, 5.41) is 3.04. The Hall–Kier alpha value is -2.30. The molecule has 1 N–H and O–H groups in total. The summed E-state index contributed by atoms with van der Waals surface area (Å²) in [6, 6.07) is 8.77. The molecule has 1 aliphatic rings. The minimum Gasteiger partial charge on any atom is -0.449 e. The second-order valence-electron chi connectivity index (χ2n) is 5.35. The fourth-order valence-corrected chi connectivity index (χ4v) is 2.21. The van der Waals surface area contributed by atoms with Gasteiger partial charge in [0.1, 0.15) is 11.6 Å². The van der Waals surface area contributed by atoms with Crippen molar-refractivity contribution in [2.75, 3.05) is 5.32 Å². The van der Waals surface area contributed by atoms with Crippen molar-refractivity contribution in [3.8, 4) is 11.5 Å². The lowest BCUT2D eigenvalue weighted by Crippen LogP contribution is -2.29. The fourth-order valence-electron chi connectivity index (χ4n) is 2.21. The Morgan fingerprint density at radius 2 is 1.76 bits per heavy atom. The van der Waals surface area contributed by atoms with Crippen molar-refractivity contribution in [2.45, 2.75) is 26.2 Å². The maximum Gasteiger partial charge on any atom is 0.246 e. The SMILES string of the molecule is CC1(C)Oc2ccc(NCc3cc(F)ccc3F)cc2O1. The zero-order chi connectivity index (χ0) is 15.0. The van der Waals surface area contributed by atoms with Crippen molar-refractivity contribution in [3.05, 3.63) is 53.6 Å². The smallest absolute Gasteiger partial charge is 0.246 e. The Balaban J connectivity index is 1.74. The zero-order valence-electron chi connectivity index (χ0n) is 11.7. The van der Waals surface area contributed by atoms with E-state index in [1.807, 2.05) is 13.8 Å². The van der Waals surface area contributed by atoms with Crippen LogP contribution in [0.2, 0.25) is 0 Å². The summed E-state index contributed by atoms with van der Waals surface area (Å²) in [5.41, 5.74) is 1.02. The minimum atomic E-state index is -0.685. The van der Waals surface area contributed by atoms with E-state index >= 15 is 0 Å². The van der Waals surface area contributed by atoms with Gasteiger partial charge in [-0.25, -0.2) is 8.78 Å². The molecule has 3 nitrogen and oxygen atoms in total. The number of nitrogens with one attached hydrogen (secondary N) is 1. The standard InChI is InChI=1S/C16H15F2NO2/c1-16(2)20-14-6-4-12(8-15(14)21-16)19-9-10-7-11(17)3-5-13(10)18/h3-8,19H,9H2,1-2H3. The van der Waals surface area contributed by atoms with E-state index < -0.39 is 17.4 Å². The normalized spacial score (nSPS) is 15.0. The molecule has 0 saturated heterocycles. The summed E-state index contributed by atoms with van der Waals surface area (Å²) in [5.74, 6) is -0.283. The molecular formula is C16H15F2NO2. The van der Waals surface area contributed by atoms with Gasteiger partial charge in [0, 0.05) is 37.7 Å². The predicted octanol–water partition coefficient (Wildman–Crippen LogP) is 4.08. The molecule has 0 unspecified atom stereocenters. The van der Waals surface area contributed by atoms with Gasteiger partial charge in [0.25, 0.3) is 0 Å². The third kappa shape index (κ3) is 2.91. The molecule has 0 spiro atoms. The van der Waals surface area contributed by atoms with Crippen LogP contribution in [0.4, 0.5) is 14.5 Å². The minimum absolute atomic E-state index is 0.187. The average Bonchev–Trinajstić information content (AvgIpc) is 2.72. The first kappa shape index (κ1) is 13.7. The molecule has 3 rings (SSSR count). The van der Waals surface area contributed by atoms with Crippen molar-refractivity contribution in [1.82, 2.24) is 0 Å². The lowest BCUT2D eigenvalue weighted by Gasteiger charge is -2.16. The van der Waals surface area contributed by atoms with E-state index in [-0.39, 0.29) is 12.1 Å². The van der Waals surface area contributed by atoms with Crippen LogP contribution in [0, 0.1) is 11.6 Å². The second kappa shape index (κ2) is 4.91. The van der Waals surface area contributed by atoms with Crippen molar-refractivity contribution in [3.63, 3.8) is 0 Å². The first-order valence-electron chi connectivity index (χ1n) is 6.63. The highest BCUT2D eigenvalue weighted by Gasteiger charge is 2.31. The van der Waals surface area contributed by atoms with Crippen molar-refractivity contribution in [1.29, 1.82) is 0 Å². The Kier molecular flexibility index (Phi) is 3.20. The van der Waals surface area contributed by atoms with Crippen molar-refractivity contribution >= 4 is 5.69 Å².